The summed E-state index contributed by atoms with van der Waals surface area (Å²) in [5.41, 5.74) is 7.50. The zero-order valence-corrected chi connectivity index (χ0v) is 9.87. The van der Waals surface area contributed by atoms with Crippen LogP contribution in [0.5, 0.6) is 0 Å². The van der Waals surface area contributed by atoms with Gasteiger partial charge in [0, 0.05) is 17.1 Å². The molecule has 2 heterocycles. The molecule has 1 atom stereocenters. The predicted molar refractivity (Wildman–Crippen MR) is 67.6 cm³/mol. The van der Waals surface area contributed by atoms with Gasteiger partial charge in [-0.3, -0.25) is 4.98 Å². The lowest BCUT2D eigenvalue weighted by atomic mass is 10.1. The summed E-state index contributed by atoms with van der Waals surface area (Å²) in [7, 11) is 0. The minimum Gasteiger partial charge on any atom is -0.419 e. The quantitative estimate of drug-likeness (QED) is 0.743. The first kappa shape index (κ1) is 10.9. The number of rotatable bonds is 2. The molecular weight excluding hydrogens is 228 g/mol. The van der Waals surface area contributed by atoms with Crippen LogP contribution in [0.15, 0.2) is 40.9 Å². The predicted octanol–water partition coefficient (Wildman–Crippen LogP) is 2.30. The molecule has 0 aliphatic heterocycles. The van der Waals surface area contributed by atoms with Gasteiger partial charge in [0.25, 0.3) is 0 Å². The van der Waals surface area contributed by atoms with Crippen LogP contribution in [0.3, 0.4) is 0 Å². The second-order valence-corrected chi connectivity index (χ2v) is 4.15. The van der Waals surface area contributed by atoms with Gasteiger partial charge >= 0.3 is 0 Å². The Morgan fingerprint density at radius 3 is 2.89 bits per heavy atom. The lowest BCUT2D eigenvalue weighted by Gasteiger charge is -1.99. The summed E-state index contributed by atoms with van der Waals surface area (Å²) in [5.74, 6) is 0.921. The first-order valence-electron chi connectivity index (χ1n) is 5.68. The number of hydrogen-bond acceptors (Lipinski definition) is 5. The Balaban J connectivity index is 2.07. The summed E-state index contributed by atoms with van der Waals surface area (Å²) in [6, 6.07) is 9.45. The fourth-order valence-electron chi connectivity index (χ4n) is 1.74. The van der Waals surface area contributed by atoms with Gasteiger partial charge in [-0.05, 0) is 31.2 Å². The van der Waals surface area contributed by atoms with Crippen molar-refractivity contribution >= 4 is 10.9 Å². The molecule has 3 rings (SSSR count). The molecule has 0 radical (unpaired) electrons. The lowest BCUT2D eigenvalue weighted by molar-refractivity contribution is 0.473. The first-order chi connectivity index (χ1) is 8.74. The number of fused-ring (bicyclic) bond motifs is 1. The van der Waals surface area contributed by atoms with E-state index in [1.54, 1.807) is 6.20 Å². The van der Waals surface area contributed by atoms with Crippen LogP contribution >= 0.6 is 0 Å². The summed E-state index contributed by atoms with van der Waals surface area (Å²) < 4.78 is 5.51. The monoisotopic (exact) mass is 240 g/mol. The summed E-state index contributed by atoms with van der Waals surface area (Å²) in [6.07, 6.45) is 1.77. The Hall–Kier alpha value is -2.27. The third kappa shape index (κ3) is 1.84. The Labute approximate surface area is 104 Å². The molecule has 0 fully saturated rings. The van der Waals surface area contributed by atoms with Crippen molar-refractivity contribution < 1.29 is 4.42 Å². The van der Waals surface area contributed by atoms with Crippen molar-refractivity contribution in [3.8, 4) is 11.5 Å². The highest BCUT2D eigenvalue weighted by Crippen LogP contribution is 2.23. The van der Waals surface area contributed by atoms with E-state index in [1.165, 1.54) is 0 Å². The van der Waals surface area contributed by atoms with Crippen LogP contribution in [0.4, 0.5) is 0 Å². The second kappa shape index (κ2) is 4.19. The maximum Gasteiger partial charge on any atom is 0.247 e. The maximum atomic E-state index is 5.69. The van der Waals surface area contributed by atoms with Crippen LogP contribution in [0, 0.1) is 0 Å². The van der Waals surface area contributed by atoms with Gasteiger partial charge in [-0.15, -0.1) is 10.2 Å². The van der Waals surface area contributed by atoms with E-state index < -0.39 is 0 Å². The van der Waals surface area contributed by atoms with E-state index in [9.17, 15) is 0 Å². The molecule has 1 unspecified atom stereocenters. The average molecular weight is 240 g/mol. The molecule has 0 aliphatic carbocycles. The highest BCUT2D eigenvalue weighted by atomic mass is 16.4. The van der Waals surface area contributed by atoms with Crippen LogP contribution in [0.2, 0.25) is 0 Å². The maximum absolute atomic E-state index is 5.69. The molecule has 0 saturated heterocycles. The summed E-state index contributed by atoms with van der Waals surface area (Å²) in [5, 5.41) is 8.95. The summed E-state index contributed by atoms with van der Waals surface area (Å²) in [6.45, 7) is 1.81. The molecule has 2 N–H and O–H groups in total. The molecular formula is C13H12N4O. The average Bonchev–Trinajstić information content (AvgIpc) is 2.88. The van der Waals surface area contributed by atoms with Gasteiger partial charge in [-0.25, -0.2) is 0 Å². The second-order valence-electron chi connectivity index (χ2n) is 4.15. The molecule has 0 spiro atoms. The first-order valence-corrected chi connectivity index (χ1v) is 5.68. The number of aromatic nitrogens is 3. The SMILES string of the molecule is CC(N)c1nnc(-c2ccc3ncccc3c2)o1. The van der Waals surface area contributed by atoms with E-state index in [-0.39, 0.29) is 6.04 Å². The van der Waals surface area contributed by atoms with Crippen molar-refractivity contribution in [1.29, 1.82) is 0 Å². The molecule has 3 aromatic rings. The zero-order chi connectivity index (χ0) is 12.5. The molecule has 0 bridgehead atoms. The number of benzene rings is 1. The molecule has 2 aromatic heterocycles. The highest BCUT2D eigenvalue weighted by Gasteiger charge is 2.11. The number of nitrogens with zero attached hydrogens (tertiary/aromatic N) is 3. The fourth-order valence-corrected chi connectivity index (χ4v) is 1.74. The van der Waals surface area contributed by atoms with Crippen molar-refractivity contribution in [2.24, 2.45) is 5.73 Å². The topological polar surface area (TPSA) is 77.8 Å². The molecule has 18 heavy (non-hydrogen) atoms. The molecule has 90 valence electrons. The van der Waals surface area contributed by atoms with Gasteiger partial charge in [-0.1, -0.05) is 6.07 Å². The summed E-state index contributed by atoms with van der Waals surface area (Å²) >= 11 is 0. The standard InChI is InChI=1S/C13H12N4O/c1-8(14)12-16-17-13(18-12)10-4-5-11-9(7-10)3-2-6-15-11/h2-8H,14H2,1H3. The fraction of sp³-hybridized carbons (Fsp3) is 0.154. The van der Waals surface area contributed by atoms with E-state index >= 15 is 0 Å². The molecule has 1 aromatic carbocycles. The van der Waals surface area contributed by atoms with E-state index in [0.29, 0.717) is 11.8 Å². The number of nitrogens with two attached hydrogens (primary N) is 1. The van der Waals surface area contributed by atoms with E-state index in [2.05, 4.69) is 15.2 Å². The van der Waals surface area contributed by atoms with Gasteiger partial charge < -0.3 is 10.2 Å². The van der Waals surface area contributed by atoms with E-state index in [1.807, 2.05) is 37.3 Å². The van der Waals surface area contributed by atoms with Crippen LogP contribution in [-0.4, -0.2) is 15.2 Å². The van der Waals surface area contributed by atoms with Gasteiger partial charge in [0.15, 0.2) is 0 Å². The van der Waals surface area contributed by atoms with Gasteiger partial charge in [0.05, 0.1) is 11.6 Å². The van der Waals surface area contributed by atoms with Crippen LogP contribution < -0.4 is 5.73 Å². The Kier molecular flexibility index (Phi) is 2.53. The summed E-state index contributed by atoms with van der Waals surface area (Å²) in [4.78, 5) is 4.26. The molecule has 0 amide bonds. The Bertz CT molecular complexity index is 690. The third-order valence-corrected chi connectivity index (χ3v) is 2.68. The lowest BCUT2D eigenvalue weighted by Crippen LogP contribution is -2.04. The minimum absolute atomic E-state index is 0.256. The minimum atomic E-state index is -0.256. The third-order valence-electron chi connectivity index (χ3n) is 2.68. The van der Waals surface area contributed by atoms with Crippen LogP contribution in [-0.2, 0) is 0 Å². The van der Waals surface area contributed by atoms with Crippen LogP contribution in [0.1, 0.15) is 18.9 Å². The highest BCUT2D eigenvalue weighted by molar-refractivity contribution is 5.82. The van der Waals surface area contributed by atoms with Gasteiger partial charge in [-0.2, -0.15) is 0 Å². The van der Waals surface area contributed by atoms with Gasteiger partial charge in [0.1, 0.15) is 0 Å². The molecule has 0 aliphatic rings. The Morgan fingerprint density at radius 1 is 1.22 bits per heavy atom. The van der Waals surface area contributed by atoms with Crippen molar-refractivity contribution in [3.05, 3.63) is 42.4 Å². The molecule has 0 saturated carbocycles. The number of hydrogen-bond donors (Lipinski definition) is 1. The van der Waals surface area contributed by atoms with Crippen molar-refractivity contribution in [1.82, 2.24) is 15.2 Å². The van der Waals surface area contributed by atoms with Crippen molar-refractivity contribution in [2.45, 2.75) is 13.0 Å². The van der Waals surface area contributed by atoms with Gasteiger partial charge in [0.2, 0.25) is 11.8 Å². The van der Waals surface area contributed by atoms with Crippen molar-refractivity contribution in [2.75, 3.05) is 0 Å². The van der Waals surface area contributed by atoms with Crippen LogP contribution in [0.25, 0.3) is 22.4 Å². The zero-order valence-electron chi connectivity index (χ0n) is 9.87. The molecule has 5 heteroatoms. The molecule has 5 nitrogen and oxygen atoms in total. The Morgan fingerprint density at radius 2 is 2.11 bits per heavy atom. The smallest absolute Gasteiger partial charge is 0.247 e. The van der Waals surface area contributed by atoms with E-state index in [4.69, 9.17) is 10.2 Å². The normalized spacial score (nSPS) is 12.8. The van der Waals surface area contributed by atoms with E-state index in [0.717, 1.165) is 16.5 Å². The number of pyridine rings is 1. The largest absolute Gasteiger partial charge is 0.419 e. The van der Waals surface area contributed by atoms with Crippen molar-refractivity contribution in [3.63, 3.8) is 0 Å².